The maximum Gasteiger partial charge on any atom is 0.356 e. The number of rotatable bonds is 5. The lowest BCUT2D eigenvalue weighted by Gasteiger charge is -2.10. The Morgan fingerprint density at radius 3 is 1.84 bits per heavy atom. The normalized spacial score (nSPS) is 12.1. The number of hydrazone groups is 1. The molecule has 0 saturated heterocycles. The monoisotopic (exact) mass is 424 g/mol. The van der Waals surface area contributed by atoms with Gasteiger partial charge in [-0.1, -0.05) is 66.2 Å². The Labute approximate surface area is 187 Å². The quantitative estimate of drug-likeness (QED) is 0.215. The molecular weight excluding hydrogens is 400 g/mol. The first-order valence-electron chi connectivity index (χ1n) is 10.4. The highest BCUT2D eigenvalue weighted by atomic mass is 16.5. The topological polar surface area (TPSA) is 67.8 Å². The molecule has 3 aromatic carbocycles. The smallest absolute Gasteiger partial charge is 0.356 e. The number of esters is 1. The van der Waals surface area contributed by atoms with Crippen LogP contribution in [0.4, 0.5) is 0 Å². The number of hydrogen-bond donors (Lipinski definition) is 1. The van der Waals surface area contributed by atoms with Crippen LogP contribution in [-0.2, 0) is 9.53 Å². The molecular formula is C27H24N2O3. The first kappa shape index (κ1) is 21.2. The van der Waals surface area contributed by atoms with Crippen LogP contribution in [0.1, 0.15) is 38.2 Å². The lowest BCUT2D eigenvalue weighted by atomic mass is 9.96. The number of hydrogen-bond acceptors (Lipinski definition) is 5. The van der Waals surface area contributed by atoms with Gasteiger partial charge in [-0.2, -0.15) is 5.10 Å². The number of aryl methyl sites for hydroxylation is 3. The molecule has 0 heterocycles. The summed E-state index contributed by atoms with van der Waals surface area (Å²) in [7, 11) is 1.28. The molecule has 0 saturated carbocycles. The summed E-state index contributed by atoms with van der Waals surface area (Å²) in [6.07, 6.45) is 1.26. The number of benzene rings is 3. The third-order valence-electron chi connectivity index (χ3n) is 5.55. The molecule has 1 aliphatic carbocycles. The van der Waals surface area contributed by atoms with Crippen LogP contribution in [0.25, 0.3) is 11.1 Å². The Morgan fingerprint density at radius 1 is 0.844 bits per heavy atom. The fourth-order valence-electron chi connectivity index (χ4n) is 4.25. The van der Waals surface area contributed by atoms with E-state index in [0.717, 1.165) is 38.9 Å². The Kier molecular flexibility index (Phi) is 5.73. The molecule has 0 amide bonds. The SMILES string of the molecule is COC(=O)/C(=C/C(=O)c1c(C)cc(C)cc1C)NN=C1c2ccccc2-c2ccccc21. The second kappa shape index (κ2) is 8.63. The van der Waals surface area contributed by atoms with Crippen molar-refractivity contribution in [3.63, 3.8) is 0 Å². The van der Waals surface area contributed by atoms with Crippen LogP contribution in [0.3, 0.4) is 0 Å². The van der Waals surface area contributed by atoms with Crippen LogP contribution in [-0.4, -0.2) is 24.6 Å². The van der Waals surface area contributed by atoms with E-state index in [1.165, 1.54) is 13.2 Å². The molecule has 32 heavy (non-hydrogen) atoms. The Balaban J connectivity index is 1.73. The lowest BCUT2D eigenvalue weighted by Crippen LogP contribution is -2.21. The van der Waals surface area contributed by atoms with Gasteiger partial charge in [0, 0.05) is 22.8 Å². The molecule has 5 heteroatoms. The average Bonchev–Trinajstić information content (AvgIpc) is 3.09. The van der Waals surface area contributed by atoms with Gasteiger partial charge in [-0.05, 0) is 43.0 Å². The van der Waals surface area contributed by atoms with Gasteiger partial charge in [-0.15, -0.1) is 0 Å². The molecule has 0 aliphatic heterocycles. The van der Waals surface area contributed by atoms with E-state index in [9.17, 15) is 9.59 Å². The van der Waals surface area contributed by atoms with Gasteiger partial charge in [0.15, 0.2) is 5.78 Å². The summed E-state index contributed by atoms with van der Waals surface area (Å²) in [6.45, 7) is 5.76. The van der Waals surface area contributed by atoms with E-state index in [1.54, 1.807) is 0 Å². The fraction of sp³-hybridized carbons (Fsp3) is 0.148. The van der Waals surface area contributed by atoms with Crippen molar-refractivity contribution >= 4 is 17.5 Å². The van der Waals surface area contributed by atoms with E-state index < -0.39 is 5.97 Å². The Morgan fingerprint density at radius 2 is 1.34 bits per heavy atom. The summed E-state index contributed by atoms with van der Waals surface area (Å²) in [4.78, 5) is 25.5. The van der Waals surface area contributed by atoms with Crippen LogP contribution < -0.4 is 5.43 Å². The third kappa shape index (κ3) is 3.85. The molecule has 5 nitrogen and oxygen atoms in total. The maximum atomic E-state index is 13.0. The standard InChI is InChI=1S/C27H24N2O3/c1-16-13-17(2)25(18(3)14-16)24(30)15-23(27(31)32-4)28-29-26-21-11-7-5-9-19(21)20-10-6-8-12-22(20)26/h5-15,28H,1-4H3/b23-15-. The number of allylic oxidation sites excluding steroid dienone is 1. The highest BCUT2D eigenvalue weighted by Crippen LogP contribution is 2.36. The van der Waals surface area contributed by atoms with Gasteiger partial charge < -0.3 is 4.74 Å². The van der Waals surface area contributed by atoms with Gasteiger partial charge in [0.2, 0.25) is 0 Å². The number of ketones is 1. The Hall–Kier alpha value is -3.99. The summed E-state index contributed by atoms with van der Waals surface area (Å²) in [5.74, 6) is -0.940. The minimum atomic E-state index is -0.662. The first-order chi connectivity index (χ1) is 15.4. The van der Waals surface area contributed by atoms with Crippen molar-refractivity contribution < 1.29 is 14.3 Å². The predicted molar refractivity (Wildman–Crippen MR) is 126 cm³/mol. The molecule has 160 valence electrons. The minimum absolute atomic E-state index is 0.0220. The van der Waals surface area contributed by atoms with Gasteiger partial charge in [0.1, 0.15) is 5.70 Å². The number of nitrogens with zero attached hydrogens (tertiary/aromatic N) is 1. The zero-order valence-electron chi connectivity index (χ0n) is 18.5. The van der Waals surface area contributed by atoms with E-state index in [1.807, 2.05) is 81.4 Å². The number of ether oxygens (including phenoxy) is 1. The summed E-state index contributed by atoms with van der Waals surface area (Å²) >= 11 is 0. The molecule has 3 aromatic rings. The first-order valence-corrected chi connectivity index (χ1v) is 10.4. The van der Waals surface area contributed by atoms with E-state index in [0.29, 0.717) is 11.3 Å². The second-order valence-corrected chi connectivity index (χ2v) is 7.85. The van der Waals surface area contributed by atoms with Crippen LogP contribution in [0.2, 0.25) is 0 Å². The summed E-state index contributed by atoms with van der Waals surface area (Å²) in [5, 5.41) is 4.53. The molecule has 1 aliphatic rings. The molecule has 4 rings (SSSR count). The molecule has 0 fully saturated rings. The van der Waals surface area contributed by atoms with Crippen molar-refractivity contribution in [2.45, 2.75) is 20.8 Å². The summed E-state index contributed by atoms with van der Waals surface area (Å²) < 4.78 is 4.89. The van der Waals surface area contributed by atoms with Gasteiger partial charge in [-0.3, -0.25) is 10.2 Å². The highest BCUT2D eigenvalue weighted by Gasteiger charge is 2.24. The van der Waals surface area contributed by atoms with Crippen molar-refractivity contribution in [2.75, 3.05) is 7.11 Å². The van der Waals surface area contributed by atoms with Crippen molar-refractivity contribution in [3.8, 4) is 11.1 Å². The van der Waals surface area contributed by atoms with E-state index in [-0.39, 0.29) is 11.5 Å². The van der Waals surface area contributed by atoms with Crippen LogP contribution in [0.5, 0.6) is 0 Å². The van der Waals surface area contributed by atoms with E-state index >= 15 is 0 Å². The van der Waals surface area contributed by atoms with Gasteiger partial charge in [0.25, 0.3) is 0 Å². The predicted octanol–water partition coefficient (Wildman–Crippen LogP) is 4.87. The number of fused-ring (bicyclic) bond motifs is 3. The molecule has 0 atom stereocenters. The van der Waals surface area contributed by atoms with E-state index in [2.05, 4.69) is 10.5 Å². The zero-order valence-corrected chi connectivity index (χ0v) is 18.5. The Bertz CT molecular complexity index is 1230. The molecule has 0 spiro atoms. The fourth-order valence-corrected chi connectivity index (χ4v) is 4.25. The molecule has 0 bridgehead atoms. The van der Waals surface area contributed by atoms with Gasteiger partial charge in [-0.25, -0.2) is 4.79 Å². The molecule has 0 unspecified atom stereocenters. The minimum Gasteiger partial charge on any atom is -0.464 e. The number of methoxy groups -OCH3 is 1. The van der Waals surface area contributed by atoms with Crippen molar-refractivity contribution in [1.29, 1.82) is 0 Å². The average molecular weight is 425 g/mol. The van der Waals surface area contributed by atoms with Gasteiger partial charge >= 0.3 is 5.97 Å². The highest BCUT2D eigenvalue weighted by molar-refractivity contribution is 6.24. The van der Waals surface area contributed by atoms with Gasteiger partial charge in [0.05, 0.1) is 12.8 Å². The third-order valence-corrected chi connectivity index (χ3v) is 5.55. The molecule has 1 N–H and O–H groups in total. The largest absolute Gasteiger partial charge is 0.464 e. The van der Waals surface area contributed by atoms with E-state index in [4.69, 9.17) is 4.74 Å². The molecule has 0 aromatic heterocycles. The maximum absolute atomic E-state index is 13.0. The summed E-state index contributed by atoms with van der Waals surface area (Å²) in [6, 6.07) is 19.8. The van der Waals surface area contributed by atoms with Crippen molar-refractivity contribution in [2.24, 2.45) is 5.10 Å². The number of carbonyl (C=O) groups is 2. The zero-order chi connectivity index (χ0) is 22.8. The van der Waals surface area contributed by atoms with Crippen molar-refractivity contribution in [1.82, 2.24) is 5.43 Å². The second-order valence-electron chi connectivity index (χ2n) is 7.85. The van der Waals surface area contributed by atoms with Crippen LogP contribution in [0.15, 0.2) is 77.5 Å². The summed E-state index contributed by atoms with van der Waals surface area (Å²) in [5.41, 5.74) is 10.9. The van der Waals surface area contributed by atoms with Crippen molar-refractivity contribution in [3.05, 3.63) is 106 Å². The number of nitrogens with one attached hydrogen (secondary N) is 1. The van der Waals surface area contributed by atoms with Crippen LogP contribution in [0, 0.1) is 20.8 Å². The van der Waals surface area contributed by atoms with Crippen LogP contribution >= 0.6 is 0 Å². The number of carbonyl (C=O) groups excluding carboxylic acids is 2. The molecule has 0 radical (unpaired) electrons. The lowest BCUT2D eigenvalue weighted by molar-refractivity contribution is -0.136.